The average Bonchev–Trinajstić information content (AvgIpc) is 2.42. The summed E-state index contributed by atoms with van der Waals surface area (Å²) in [6.07, 6.45) is 0.181. The van der Waals surface area contributed by atoms with Crippen LogP contribution in [-0.2, 0) is 14.3 Å². The standard InChI is InChI=1S/C13H21NO5/c1-13(2,3)19-12(17)14-8-6-5-7(8)10(15)9(14)11(16)18-4/h7-10,15H,5-6H2,1-4H3/t7-,8+,9+,10+/m0/s1. The minimum absolute atomic E-state index is 0.0448. The third-order valence-corrected chi connectivity index (χ3v) is 3.76. The normalized spacial score (nSPS) is 33.4. The smallest absolute Gasteiger partial charge is 0.411 e. The van der Waals surface area contributed by atoms with E-state index in [1.807, 2.05) is 0 Å². The quantitative estimate of drug-likeness (QED) is 0.718. The van der Waals surface area contributed by atoms with Gasteiger partial charge in [-0.2, -0.15) is 0 Å². The van der Waals surface area contributed by atoms with Gasteiger partial charge in [-0.25, -0.2) is 9.59 Å². The van der Waals surface area contributed by atoms with E-state index in [1.165, 1.54) is 12.0 Å². The van der Waals surface area contributed by atoms with Crippen LogP contribution in [0.4, 0.5) is 4.79 Å². The second kappa shape index (κ2) is 4.67. The summed E-state index contributed by atoms with van der Waals surface area (Å²) in [5.74, 6) is -0.635. The molecule has 0 unspecified atom stereocenters. The third kappa shape index (κ3) is 2.41. The molecule has 1 amide bonds. The van der Waals surface area contributed by atoms with Crippen molar-refractivity contribution in [2.45, 2.75) is 57.4 Å². The lowest BCUT2D eigenvalue weighted by Gasteiger charge is -2.37. The molecule has 1 saturated heterocycles. The second-order valence-corrected chi connectivity index (χ2v) is 6.15. The molecule has 4 atom stereocenters. The van der Waals surface area contributed by atoms with Crippen LogP contribution in [0.2, 0.25) is 0 Å². The molecular formula is C13H21NO5. The van der Waals surface area contributed by atoms with Gasteiger partial charge in [-0.3, -0.25) is 4.90 Å². The zero-order valence-electron chi connectivity index (χ0n) is 11.8. The summed E-state index contributed by atoms with van der Waals surface area (Å²) in [5.41, 5.74) is -0.634. The largest absolute Gasteiger partial charge is 0.467 e. The van der Waals surface area contributed by atoms with Crippen molar-refractivity contribution in [2.24, 2.45) is 5.92 Å². The van der Waals surface area contributed by atoms with Crippen molar-refractivity contribution < 1.29 is 24.2 Å². The fourth-order valence-corrected chi connectivity index (χ4v) is 2.79. The lowest BCUT2D eigenvalue weighted by atomic mass is 9.78. The van der Waals surface area contributed by atoms with Crippen molar-refractivity contribution >= 4 is 12.1 Å². The highest BCUT2D eigenvalue weighted by molar-refractivity contribution is 5.83. The molecule has 0 aromatic heterocycles. The number of aliphatic hydroxyl groups excluding tert-OH is 1. The molecule has 0 aromatic rings. The number of methoxy groups -OCH3 is 1. The zero-order chi connectivity index (χ0) is 14.4. The van der Waals surface area contributed by atoms with Gasteiger partial charge in [0.25, 0.3) is 0 Å². The van der Waals surface area contributed by atoms with Gasteiger partial charge in [0, 0.05) is 12.0 Å². The Balaban J connectivity index is 2.20. The molecule has 0 bridgehead atoms. The maximum Gasteiger partial charge on any atom is 0.411 e. The van der Waals surface area contributed by atoms with E-state index in [4.69, 9.17) is 9.47 Å². The van der Waals surface area contributed by atoms with Gasteiger partial charge < -0.3 is 14.6 Å². The van der Waals surface area contributed by atoms with Gasteiger partial charge in [0.15, 0.2) is 6.04 Å². The summed E-state index contributed by atoms with van der Waals surface area (Å²) in [7, 11) is 1.25. The van der Waals surface area contributed by atoms with Crippen molar-refractivity contribution in [1.82, 2.24) is 4.90 Å². The molecule has 0 spiro atoms. The van der Waals surface area contributed by atoms with Crippen molar-refractivity contribution in [3.63, 3.8) is 0 Å². The molecule has 1 heterocycles. The Hall–Kier alpha value is -1.30. The molecule has 1 saturated carbocycles. The molecule has 6 heteroatoms. The predicted molar refractivity (Wildman–Crippen MR) is 66.4 cm³/mol. The number of aliphatic hydroxyl groups is 1. The topological polar surface area (TPSA) is 76.1 Å². The van der Waals surface area contributed by atoms with E-state index in [1.54, 1.807) is 20.8 Å². The summed E-state index contributed by atoms with van der Waals surface area (Å²) in [6, 6.07) is -1.06. The number of hydrogen-bond donors (Lipinski definition) is 1. The Morgan fingerprint density at radius 2 is 1.89 bits per heavy atom. The Bertz CT molecular complexity index is 389. The first-order valence-corrected chi connectivity index (χ1v) is 6.53. The van der Waals surface area contributed by atoms with Gasteiger partial charge in [-0.1, -0.05) is 0 Å². The maximum atomic E-state index is 12.2. The number of hydrogen-bond acceptors (Lipinski definition) is 5. The molecule has 108 valence electrons. The number of carbonyl (C=O) groups excluding carboxylic acids is 2. The second-order valence-electron chi connectivity index (χ2n) is 6.15. The fourth-order valence-electron chi connectivity index (χ4n) is 2.79. The van der Waals surface area contributed by atoms with E-state index in [0.717, 1.165) is 12.8 Å². The molecule has 1 aliphatic carbocycles. The molecule has 1 N–H and O–H groups in total. The van der Waals surface area contributed by atoms with E-state index < -0.39 is 29.8 Å². The molecule has 6 nitrogen and oxygen atoms in total. The lowest BCUT2D eigenvalue weighted by molar-refractivity contribution is -0.148. The highest BCUT2D eigenvalue weighted by atomic mass is 16.6. The van der Waals surface area contributed by atoms with Gasteiger partial charge in [0.1, 0.15) is 5.60 Å². The predicted octanol–water partition coefficient (Wildman–Crippen LogP) is 0.918. The third-order valence-electron chi connectivity index (χ3n) is 3.76. The Morgan fingerprint density at radius 3 is 2.32 bits per heavy atom. The number of rotatable bonds is 1. The van der Waals surface area contributed by atoms with Gasteiger partial charge in [0.05, 0.1) is 13.2 Å². The Kier molecular flexibility index (Phi) is 3.47. The molecule has 0 radical (unpaired) electrons. The van der Waals surface area contributed by atoms with Crippen LogP contribution in [0, 0.1) is 5.92 Å². The highest BCUT2D eigenvalue weighted by Crippen LogP contribution is 2.44. The van der Waals surface area contributed by atoms with Gasteiger partial charge in [0.2, 0.25) is 0 Å². The first kappa shape index (κ1) is 14.1. The summed E-state index contributed by atoms with van der Waals surface area (Å²) in [4.78, 5) is 25.4. The highest BCUT2D eigenvalue weighted by Gasteiger charge is 2.58. The summed E-state index contributed by atoms with van der Waals surface area (Å²) < 4.78 is 10.0. The molecule has 0 aromatic carbocycles. The molecule has 2 rings (SSSR count). The molecule has 2 aliphatic rings. The summed E-state index contributed by atoms with van der Waals surface area (Å²) >= 11 is 0. The first-order valence-electron chi connectivity index (χ1n) is 6.53. The lowest BCUT2D eigenvalue weighted by Crippen LogP contribution is -2.50. The van der Waals surface area contributed by atoms with Crippen molar-refractivity contribution in [2.75, 3.05) is 7.11 Å². The maximum absolute atomic E-state index is 12.2. The van der Waals surface area contributed by atoms with Crippen LogP contribution in [0.5, 0.6) is 0 Å². The van der Waals surface area contributed by atoms with Crippen LogP contribution in [-0.4, -0.2) is 53.0 Å². The Morgan fingerprint density at radius 1 is 1.26 bits per heavy atom. The molecule has 1 aliphatic heterocycles. The van der Waals surface area contributed by atoms with Crippen LogP contribution >= 0.6 is 0 Å². The van der Waals surface area contributed by atoms with Crippen LogP contribution in [0.25, 0.3) is 0 Å². The first-order chi connectivity index (χ1) is 8.76. The van der Waals surface area contributed by atoms with Gasteiger partial charge in [-0.15, -0.1) is 0 Å². The minimum atomic E-state index is -0.947. The fraction of sp³-hybridized carbons (Fsp3) is 0.846. The van der Waals surface area contributed by atoms with Gasteiger partial charge in [-0.05, 0) is 33.6 Å². The number of esters is 1. The van der Waals surface area contributed by atoms with Crippen LogP contribution < -0.4 is 0 Å². The zero-order valence-corrected chi connectivity index (χ0v) is 11.8. The van der Waals surface area contributed by atoms with Crippen molar-refractivity contribution in [3.05, 3.63) is 0 Å². The Labute approximate surface area is 112 Å². The number of carbonyl (C=O) groups is 2. The van der Waals surface area contributed by atoms with Gasteiger partial charge >= 0.3 is 12.1 Å². The average molecular weight is 271 g/mol. The molecule has 2 fully saturated rings. The van der Waals surface area contributed by atoms with E-state index in [2.05, 4.69) is 0 Å². The van der Waals surface area contributed by atoms with Crippen LogP contribution in [0.1, 0.15) is 33.6 Å². The number of fused-ring (bicyclic) bond motifs is 1. The number of amides is 1. The van der Waals surface area contributed by atoms with Crippen molar-refractivity contribution in [3.8, 4) is 0 Å². The minimum Gasteiger partial charge on any atom is -0.467 e. The van der Waals surface area contributed by atoms with Crippen molar-refractivity contribution in [1.29, 1.82) is 0 Å². The summed E-state index contributed by atoms with van der Waals surface area (Å²) in [5, 5.41) is 10.1. The van der Waals surface area contributed by atoms with Crippen LogP contribution in [0.15, 0.2) is 0 Å². The number of nitrogens with zero attached hydrogens (tertiary/aromatic N) is 1. The van der Waals surface area contributed by atoms with E-state index in [0.29, 0.717) is 0 Å². The monoisotopic (exact) mass is 271 g/mol. The van der Waals surface area contributed by atoms with E-state index in [9.17, 15) is 14.7 Å². The molecular weight excluding hydrogens is 250 g/mol. The van der Waals surface area contributed by atoms with E-state index >= 15 is 0 Å². The summed E-state index contributed by atoms with van der Waals surface area (Å²) in [6.45, 7) is 5.30. The van der Waals surface area contributed by atoms with E-state index in [-0.39, 0.29) is 12.0 Å². The number of likely N-dealkylation sites (tertiary alicyclic amines) is 1. The van der Waals surface area contributed by atoms with Crippen LogP contribution in [0.3, 0.4) is 0 Å². The SMILES string of the molecule is COC(=O)[C@H]1[C@H](O)[C@H]2CC[C@H]2N1C(=O)OC(C)(C)C. The number of ether oxygens (including phenoxy) is 2. The molecule has 19 heavy (non-hydrogen) atoms.